The van der Waals surface area contributed by atoms with E-state index in [1.54, 1.807) is 0 Å². The van der Waals surface area contributed by atoms with Gasteiger partial charge in [-0.1, -0.05) is 35.9 Å². The Balaban J connectivity index is 1.27. The van der Waals surface area contributed by atoms with E-state index in [0.29, 0.717) is 24.8 Å². The number of nitrogens with zero attached hydrogens (tertiary/aromatic N) is 2. The van der Waals surface area contributed by atoms with E-state index in [0.717, 1.165) is 63.7 Å². The Kier molecular flexibility index (Phi) is 5.81. The maximum atomic E-state index is 10.3. The highest BCUT2D eigenvalue weighted by molar-refractivity contribution is 7.13. The second-order valence-electron chi connectivity index (χ2n) is 9.47. The average Bonchev–Trinajstić information content (AvgIpc) is 3.41. The molecule has 180 valence electrons. The van der Waals surface area contributed by atoms with E-state index in [1.165, 1.54) is 17.1 Å². The van der Waals surface area contributed by atoms with Crippen LogP contribution in [0.3, 0.4) is 0 Å². The summed E-state index contributed by atoms with van der Waals surface area (Å²) in [7, 11) is 0. The number of fused-ring (bicyclic) bond motifs is 2. The molecule has 35 heavy (non-hydrogen) atoms. The number of β-amino-alcohol motifs (C(OH)–C–C–N with tert-alkyl or cyclic N) is 1. The third kappa shape index (κ3) is 4.57. The summed E-state index contributed by atoms with van der Waals surface area (Å²) in [6.07, 6.45) is 0.806. The first-order valence-corrected chi connectivity index (χ1v) is 12.9. The third-order valence-corrected chi connectivity index (χ3v) is 7.81. The van der Waals surface area contributed by atoms with Crippen LogP contribution in [-0.2, 0) is 6.54 Å². The molecule has 2 aliphatic heterocycles. The van der Waals surface area contributed by atoms with E-state index < -0.39 is 5.60 Å². The van der Waals surface area contributed by atoms with Crippen molar-refractivity contribution in [3.63, 3.8) is 0 Å². The zero-order valence-electron chi connectivity index (χ0n) is 19.4. The van der Waals surface area contributed by atoms with Crippen molar-refractivity contribution in [2.75, 3.05) is 31.6 Å². The minimum atomic E-state index is -0.597. The molecular weight excluding hydrogens is 482 g/mol. The van der Waals surface area contributed by atoms with Crippen LogP contribution < -0.4 is 14.8 Å². The molecule has 0 saturated carbocycles. The number of aromatic nitrogens is 1. The number of hydrogen-bond acceptors (Lipinski definition) is 7. The average molecular weight is 508 g/mol. The Labute approximate surface area is 213 Å². The van der Waals surface area contributed by atoms with Crippen LogP contribution in [0.1, 0.15) is 18.9 Å². The number of hydrogen-bond donors (Lipinski definition) is 2. The largest absolute Gasteiger partial charge is 0.486 e. The summed E-state index contributed by atoms with van der Waals surface area (Å²) in [5, 5.41) is 15.4. The molecule has 3 aromatic carbocycles. The van der Waals surface area contributed by atoms with E-state index in [-0.39, 0.29) is 0 Å². The number of ether oxygens (including phenoxy) is 2. The van der Waals surface area contributed by atoms with Crippen molar-refractivity contribution in [1.82, 2.24) is 9.27 Å². The third-order valence-electron chi connectivity index (χ3n) is 6.58. The molecule has 1 aromatic heterocycles. The standard InChI is InChI=1S/C27H26ClN3O3S/c1-27(32)9-10-31(16-27)15-17-5-8-24-20(13-17)26(30-35-24)29-21-4-2-3-19(25(21)28)18-6-7-22-23(14-18)34-12-11-33-22/h2-8,13-14,32H,9-12,15-16H2,1H3,(H,29,30). The lowest BCUT2D eigenvalue weighted by molar-refractivity contribution is 0.0679. The summed E-state index contributed by atoms with van der Waals surface area (Å²) >= 11 is 8.34. The van der Waals surface area contributed by atoms with Crippen LogP contribution in [0, 0.1) is 0 Å². The highest BCUT2D eigenvalue weighted by atomic mass is 35.5. The second kappa shape index (κ2) is 8.99. The van der Waals surface area contributed by atoms with Crippen molar-refractivity contribution in [2.24, 2.45) is 0 Å². The molecule has 1 saturated heterocycles. The smallest absolute Gasteiger partial charge is 0.161 e. The minimum absolute atomic E-state index is 0.543. The maximum absolute atomic E-state index is 10.3. The molecule has 1 unspecified atom stereocenters. The van der Waals surface area contributed by atoms with E-state index in [9.17, 15) is 5.11 Å². The molecule has 1 atom stereocenters. The zero-order valence-corrected chi connectivity index (χ0v) is 21.0. The molecule has 6 rings (SSSR count). The van der Waals surface area contributed by atoms with Crippen LogP contribution >= 0.6 is 23.1 Å². The Hall–Kier alpha value is -2.84. The van der Waals surface area contributed by atoms with Gasteiger partial charge in [-0.25, -0.2) is 0 Å². The van der Waals surface area contributed by atoms with Crippen LogP contribution in [0.5, 0.6) is 11.5 Å². The molecule has 3 heterocycles. The highest BCUT2D eigenvalue weighted by Crippen LogP contribution is 2.40. The normalized spacial score (nSPS) is 19.9. The minimum Gasteiger partial charge on any atom is -0.486 e. The van der Waals surface area contributed by atoms with E-state index in [4.69, 9.17) is 21.1 Å². The Morgan fingerprint density at radius 1 is 1.11 bits per heavy atom. The molecule has 2 N–H and O–H groups in total. The monoisotopic (exact) mass is 507 g/mol. The van der Waals surface area contributed by atoms with E-state index >= 15 is 0 Å². The van der Waals surface area contributed by atoms with Crippen molar-refractivity contribution in [3.05, 3.63) is 65.2 Å². The van der Waals surface area contributed by atoms with Gasteiger partial charge >= 0.3 is 0 Å². The predicted octanol–water partition coefficient (Wildman–Crippen LogP) is 6.09. The molecule has 0 spiro atoms. The molecule has 2 aliphatic rings. The predicted molar refractivity (Wildman–Crippen MR) is 141 cm³/mol. The maximum Gasteiger partial charge on any atom is 0.161 e. The van der Waals surface area contributed by atoms with Gasteiger partial charge in [0.2, 0.25) is 0 Å². The Morgan fingerprint density at radius 3 is 2.80 bits per heavy atom. The van der Waals surface area contributed by atoms with Crippen LogP contribution in [0.4, 0.5) is 11.5 Å². The number of benzene rings is 3. The molecule has 6 nitrogen and oxygen atoms in total. The van der Waals surface area contributed by atoms with Crippen molar-refractivity contribution in [3.8, 4) is 22.6 Å². The molecule has 0 aliphatic carbocycles. The number of nitrogens with one attached hydrogen (secondary N) is 1. The number of aliphatic hydroxyl groups is 1. The number of anilines is 2. The molecule has 1 fully saturated rings. The summed E-state index contributed by atoms with van der Waals surface area (Å²) in [5.74, 6) is 2.29. The zero-order chi connectivity index (χ0) is 24.0. The van der Waals surface area contributed by atoms with E-state index in [1.807, 2.05) is 43.3 Å². The SMILES string of the molecule is CC1(O)CCN(Cc2ccc3snc(Nc4cccc(-c5ccc6c(c5)OCCO6)c4Cl)c3c2)C1. The molecule has 0 radical (unpaired) electrons. The number of likely N-dealkylation sites (tertiary alicyclic amines) is 1. The van der Waals surface area contributed by atoms with Gasteiger partial charge in [0.05, 0.1) is 21.0 Å². The molecule has 0 bridgehead atoms. The van der Waals surface area contributed by atoms with Gasteiger partial charge < -0.3 is 19.9 Å². The van der Waals surface area contributed by atoms with Crippen LogP contribution in [0.2, 0.25) is 5.02 Å². The van der Waals surface area contributed by atoms with Crippen LogP contribution in [-0.4, -0.2) is 46.3 Å². The van der Waals surface area contributed by atoms with Gasteiger partial charge in [0, 0.05) is 30.6 Å². The Bertz CT molecular complexity index is 1400. The quantitative estimate of drug-likeness (QED) is 0.341. The first kappa shape index (κ1) is 22.6. The topological polar surface area (TPSA) is 66.9 Å². The van der Waals surface area contributed by atoms with Gasteiger partial charge in [-0.05, 0) is 66.3 Å². The summed E-state index contributed by atoms with van der Waals surface area (Å²) in [4.78, 5) is 2.29. The first-order valence-electron chi connectivity index (χ1n) is 11.7. The fraction of sp³-hybridized carbons (Fsp3) is 0.296. The molecule has 0 amide bonds. The van der Waals surface area contributed by atoms with Gasteiger partial charge in [-0.2, -0.15) is 4.37 Å². The van der Waals surface area contributed by atoms with Crippen molar-refractivity contribution >= 4 is 44.7 Å². The highest BCUT2D eigenvalue weighted by Gasteiger charge is 2.31. The van der Waals surface area contributed by atoms with Gasteiger partial charge in [0.25, 0.3) is 0 Å². The first-order chi connectivity index (χ1) is 16.9. The van der Waals surface area contributed by atoms with Crippen molar-refractivity contribution < 1.29 is 14.6 Å². The fourth-order valence-corrected chi connectivity index (χ4v) is 5.79. The van der Waals surface area contributed by atoms with Crippen LogP contribution in [0.15, 0.2) is 54.6 Å². The summed E-state index contributed by atoms with van der Waals surface area (Å²) in [6.45, 7) is 5.42. The van der Waals surface area contributed by atoms with Gasteiger partial charge in [0.1, 0.15) is 13.2 Å². The molecular formula is C27H26ClN3O3S. The van der Waals surface area contributed by atoms with E-state index in [2.05, 4.69) is 32.8 Å². The number of halogens is 1. The van der Waals surface area contributed by atoms with Crippen molar-refractivity contribution in [2.45, 2.75) is 25.5 Å². The lowest BCUT2D eigenvalue weighted by atomic mass is 10.0. The van der Waals surface area contributed by atoms with Gasteiger partial charge in [-0.3, -0.25) is 4.90 Å². The second-order valence-corrected chi connectivity index (χ2v) is 10.7. The lowest BCUT2D eigenvalue weighted by Gasteiger charge is -2.19. The summed E-state index contributed by atoms with van der Waals surface area (Å²) in [5.41, 5.74) is 3.28. The Morgan fingerprint density at radius 2 is 1.97 bits per heavy atom. The summed E-state index contributed by atoms with van der Waals surface area (Å²) in [6, 6.07) is 18.3. The van der Waals surface area contributed by atoms with Gasteiger partial charge in [-0.15, -0.1) is 0 Å². The number of rotatable bonds is 5. The molecule has 4 aromatic rings. The van der Waals surface area contributed by atoms with Crippen molar-refractivity contribution in [1.29, 1.82) is 0 Å². The van der Waals surface area contributed by atoms with Gasteiger partial charge in [0.15, 0.2) is 17.3 Å². The summed E-state index contributed by atoms with van der Waals surface area (Å²) < 4.78 is 17.2. The van der Waals surface area contributed by atoms with Crippen LogP contribution in [0.25, 0.3) is 21.2 Å². The molecule has 8 heteroatoms. The fourth-order valence-electron chi connectivity index (χ4n) is 4.80. The lowest BCUT2D eigenvalue weighted by Crippen LogP contribution is -2.29.